The maximum Gasteiger partial charge on any atom is 0.240 e. The first-order valence-corrected chi connectivity index (χ1v) is 11.6. The molecule has 0 bridgehead atoms. The van der Waals surface area contributed by atoms with E-state index in [9.17, 15) is 16.8 Å². The molecule has 5 nitrogen and oxygen atoms in total. The second kappa shape index (κ2) is 7.14. The summed E-state index contributed by atoms with van der Waals surface area (Å²) in [7, 11) is -6.37. The molecule has 1 heterocycles. The lowest BCUT2D eigenvalue weighted by Crippen LogP contribution is -2.25. The fourth-order valence-corrected chi connectivity index (χ4v) is 5.90. The Labute approximate surface area is 145 Å². The Morgan fingerprint density at radius 2 is 1.79 bits per heavy atom. The third-order valence-electron chi connectivity index (χ3n) is 4.44. The van der Waals surface area contributed by atoms with Crippen LogP contribution in [0.25, 0.3) is 0 Å². The van der Waals surface area contributed by atoms with Crippen molar-refractivity contribution in [2.45, 2.75) is 50.3 Å². The summed E-state index contributed by atoms with van der Waals surface area (Å²) in [4.78, 5) is 0.263. The van der Waals surface area contributed by atoms with Crippen LogP contribution in [0, 0.1) is 5.92 Å². The third-order valence-corrected chi connectivity index (χ3v) is 7.75. The molecule has 0 aliphatic carbocycles. The number of hydrogen-bond acceptors (Lipinski definition) is 4. The summed E-state index contributed by atoms with van der Waals surface area (Å²) in [6.07, 6.45) is 2.09. The van der Waals surface area contributed by atoms with E-state index in [4.69, 9.17) is 0 Å². The molecule has 0 aromatic heterocycles. The first-order valence-electron chi connectivity index (χ1n) is 8.30. The zero-order valence-corrected chi connectivity index (χ0v) is 16.2. The Morgan fingerprint density at radius 1 is 1.17 bits per heavy atom. The molecular formula is C17H27NO4S2. The minimum Gasteiger partial charge on any atom is -0.229 e. The quantitative estimate of drug-likeness (QED) is 0.777. The van der Waals surface area contributed by atoms with Gasteiger partial charge in [0.2, 0.25) is 10.0 Å². The van der Waals surface area contributed by atoms with Gasteiger partial charge in [0.1, 0.15) is 0 Å². The van der Waals surface area contributed by atoms with Gasteiger partial charge in [-0.15, -0.1) is 0 Å². The summed E-state index contributed by atoms with van der Waals surface area (Å²) in [5.74, 6) is 0.683. The minimum atomic E-state index is -3.51. The van der Waals surface area contributed by atoms with Crippen molar-refractivity contribution < 1.29 is 16.8 Å². The van der Waals surface area contributed by atoms with E-state index >= 15 is 0 Å². The molecule has 1 aromatic carbocycles. The van der Waals surface area contributed by atoms with Gasteiger partial charge >= 0.3 is 0 Å². The summed E-state index contributed by atoms with van der Waals surface area (Å²) in [6.45, 7) is 6.58. The summed E-state index contributed by atoms with van der Waals surface area (Å²) >= 11 is 0. The molecule has 24 heavy (non-hydrogen) atoms. The maximum absolute atomic E-state index is 12.3. The monoisotopic (exact) mass is 373 g/mol. The molecule has 0 radical (unpaired) electrons. The molecule has 1 aliphatic rings. The standard InChI is InChI=1S/C17H27NO4S2/c1-17(2,3)15-6-8-16(9-7-15)24(21,22)18-11-4-5-14-10-12-23(19,20)13-14/h6-9,14,18H,4-5,10-13H2,1-3H3. The van der Waals surface area contributed by atoms with Crippen LogP contribution in [0.4, 0.5) is 0 Å². The Kier molecular flexibility index (Phi) is 5.77. The normalized spacial score (nSPS) is 21.0. The smallest absolute Gasteiger partial charge is 0.229 e. The van der Waals surface area contributed by atoms with Gasteiger partial charge in [0, 0.05) is 6.54 Å². The van der Waals surface area contributed by atoms with Crippen molar-refractivity contribution in [1.82, 2.24) is 4.72 Å². The fourth-order valence-electron chi connectivity index (χ4n) is 2.91. The summed E-state index contributed by atoms with van der Waals surface area (Å²) < 4.78 is 50.0. The van der Waals surface area contributed by atoms with Crippen LogP contribution >= 0.6 is 0 Å². The van der Waals surface area contributed by atoms with Crippen LogP contribution in [0.5, 0.6) is 0 Å². The molecule has 1 aliphatic heterocycles. The lowest BCUT2D eigenvalue weighted by Gasteiger charge is -2.19. The second-order valence-corrected chi connectivity index (χ2v) is 11.6. The van der Waals surface area contributed by atoms with Crippen LogP contribution in [0.1, 0.15) is 45.6 Å². The van der Waals surface area contributed by atoms with Crippen LogP contribution < -0.4 is 4.72 Å². The number of benzene rings is 1. The molecule has 1 unspecified atom stereocenters. The van der Waals surface area contributed by atoms with Crippen LogP contribution in [-0.4, -0.2) is 34.9 Å². The van der Waals surface area contributed by atoms with Crippen molar-refractivity contribution in [3.63, 3.8) is 0 Å². The van der Waals surface area contributed by atoms with Crippen molar-refractivity contribution in [2.24, 2.45) is 5.92 Å². The number of sulfone groups is 1. The van der Waals surface area contributed by atoms with E-state index < -0.39 is 19.9 Å². The van der Waals surface area contributed by atoms with Crippen molar-refractivity contribution in [3.05, 3.63) is 29.8 Å². The lowest BCUT2D eigenvalue weighted by molar-refractivity contribution is 0.512. The van der Waals surface area contributed by atoms with E-state index in [1.165, 1.54) is 0 Å². The molecule has 1 fully saturated rings. The van der Waals surface area contributed by atoms with Crippen LogP contribution in [-0.2, 0) is 25.3 Å². The topological polar surface area (TPSA) is 80.3 Å². The molecule has 1 saturated heterocycles. The Balaban J connectivity index is 1.85. The van der Waals surface area contributed by atoms with Crippen molar-refractivity contribution in [3.8, 4) is 0 Å². The van der Waals surface area contributed by atoms with E-state index in [0.29, 0.717) is 19.4 Å². The summed E-state index contributed by atoms with van der Waals surface area (Å²) in [5.41, 5.74) is 1.07. The van der Waals surface area contributed by atoms with E-state index in [0.717, 1.165) is 12.0 Å². The van der Waals surface area contributed by atoms with E-state index in [1.54, 1.807) is 12.1 Å². The highest BCUT2D eigenvalue weighted by atomic mass is 32.2. The summed E-state index contributed by atoms with van der Waals surface area (Å²) in [6, 6.07) is 6.95. The number of rotatable bonds is 6. The number of hydrogen-bond donors (Lipinski definition) is 1. The molecule has 1 atom stereocenters. The fraction of sp³-hybridized carbons (Fsp3) is 0.647. The van der Waals surface area contributed by atoms with E-state index in [2.05, 4.69) is 25.5 Å². The highest BCUT2D eigenvalue weighted by Crippen LogP contribution is 2.24. The van der Waals surface area contributed by atoms with Gasteiger partial charge in [-0.3, -0.25) is 0 Å². The van der Waals surface area contributed by atoms with E-state index in [-0.39, 0.29) is 27.7 Å². The van der Waals surface area contributed by atoms with Gasteiger partial charge in [-0.25, -0.2) is 21.6 Å². The highest BCUT2D eigenvalue weighted by Gasteiger charge is 2.27. The molecule has 0 spiro atoms. The molecule has 1 aromatic rings. The molecular weight excluding hydrogens is 346 g/mol. The summed E-state index contributed by atoms with van der Waals surface area (Å²) in [5, 5.41) is 0. The largest absolute Gasteiger partial charge is 0.240 e. The Morgan fingerprint density at radius 3 is 2.29 bits per heavy atom. The van der Waals surface area contributed by atoms with Crippen LogP contribution in [0.2, 0.25) is 0 Å². The lowest BCUT2D eigenvalue weighted by atomic mass is 9.87. The first kappa shape index (κ1) is 19.4. The zero-order chi connectivity index (χ0) is 18.0. The average molecular weight is 374 g/mol. The maximum atomic E-state index is 12.3. The minimum absolute atomic E-state index is 0.0165. The van der Waals surface area contributed by atoms with Gasteiger partial charge in [0.15, 0.2) is 9.84 Å². The molecule has 0 amide bonds. The van der Waals surface area contributed by atoms with Crippen molar-refractivity contribution in [2.75, 3.05) is 18.1 Å². The predicted molar refractivity (Wildman–Crippen MR) is 96.3 cm³/mol. The van der Waals surface area contributed by atoms with Crippen LogP contribution in [0.3, 0.4) is 0 Å². The third kappa shape index (κ3) is 5.29. The highest BCUT2D eigenvalue weighted by molar-refractivity contribution is 7.91. The predicted octanol–water partition coefficient (Wildman–Crippen LogP) is 2.48. The molecule has 136 valence electrons. The Bertz CT molecular complexity index is 760. The molecule has 1 N–H and O–H groups in total. The zero-order valence-electron chi connectivity index (χ0n) is 14.6. The van der Waals surface area contributed by atoms with Gasteiger partial charge < -0.3 is 0 Å². The SMILES string of the molecule is CC(C)(C)c1ccc(S(=O)(=O)NCCCC2CCS(=O)(=O)C2)cc1. The van der Waals surface area contributed by atoms with Gasteiger partial charge in [0.25, 0.3) is 0 Å². The molecule has 0 saturated carbocycles. The second-order valence-electron chi connectivity index (χ2n) is 7.58. The number of nitrogens with one attached hydrogen (secondary N) is 1. The van der Waals surface area contributed by atoms with Gasteiger partial charge in [-0.1, -0.05) is 32.9 Å². The van der Waals surface area contributed by atoms with Crippen LogP contribution in [0.15, 0.2) is 29.2 Å². The van der Waals surface area contributed by atoms with E-state index in [1.807, 2.05) is 12.1 Å². The van der Waals surface area contributed by atoms with Crippen molar-refractivity contribution >= 4 is 19.9 Å². The van der Waals surface area contributed by atoms with Gasteiger partial charge in [-0.05, 0) is 48.3 Å². The van der Waals surface area contributed by atoms with Gasteiger partial charge in [-0.2, -0.15) is 0 Å². The molecule has 7 heteroatoms. The molecule has 2 rings (SSSR count). The first-order chi connectivity index (χ1) is 11.0. The number of sulfonamides is 1. The van der Waals surface area contributed by atoms with Crippen molar-refractivity contribution in [1.29, 1.82) is 0 Å². The van der Waals surface area contributed by atoms with Gasteiger partial charge in [0.05, 0.1) is 16.4 Å². The Hall–Kier alpha value is -0.920. The average Bonchev–Trinajstić information content (AvgIpc) is 2.82.